The molecular weight excluding hydrogens is 446 g/mol. The minimum absolute atomic E-state index is 0.0754. The Kier molecular flexibility index (Phi) is 4.83. The smallest absolute Gasteiger partial charge is 0.322 e. The van der Waals surface area contributed by atoms with Crippen LogP contribution < -0.4 is 20.3 Å². The molecule has 2 fully saturated rings. The van der Waals surface area contributed by atoms with E-state index in [1.54, 1.807) is 0 Å². The molecule has 3 aromatic rings. The van der Waals surface area contributed by atoms with Gasteiger partial charge in [-0.05, 0) is 32.8 Å². The van der Waals surface area contributed by atoms with Gasteiger partial charge in [-0.1, -0.05) is 30.3 Å². The molecule has 1 saturated carbocycles. The van der Waals surface area contributed by atoms with Crippen LogP contribution in [-0.4, -0.2) is 61.8 Å². The Balaban J connectivity index is 1.18. The van der Waals surface area contributed by atoms with Gasteiger partial charge in [0.25, 0.3) is 0 Å². The number of rotatable bonds is 6. The first-order valence-electron chi connectivity index (χ1n) is 11.9. The number of anilines is 3. The topological polar surface area (TPSA) is 124 Å². The standard InChI is InChI=1S/C24H29N9O2/c1-13-11-32(13)21-27-20(28-22(29-21)35-4)26-19-16-12-33(24(2,3)18(16)30-31-19)23(34)25-17-10-15(17)14-8-6-5-7-9-14/h5-9,13,15,17H,10-12H2,1-4H3,(H,25,34)(H2,26,27,28,29,30,31). The molecule has 0 bridgehead atoms. The normalized spacial score (nSPS) is 23.6. The van der Waals surface area contributed by atoms with Crippen molar-refractivity contribution in [3.8, 4) is 6.01 Å². The van der Waals surface area contributed by atoms with Crippen molar-refractivity contribution in [2.24, 2.45) is 0 Å². The summed E-state index contributed by atoms with van der Waals surface area (Å²) in [6, 6.07) is 11.0. The number of ether oxygens (including phenoxy) is 1. The Morgan fingerprint density at radius 2 is 1.97 bits per heavy atom. The Bertz CT molecular complexity index is 1280. The number of urea groups is 1. The molecule has 11 heteroatoms. The molecule has 2 aromatic heterocycles. The SMILES string of the molecule is COc1nc(Nc2n[nH]c3c2CN(C(=O)NC2CC2c2ccccc2)C3(C)C)nc(N2CC2C)n1. The molecule has 1 aliphatic carbocycles. The maximum absolute atomic E-state index is 13.3. The van der Waals surface area contributed by atoms with Gasteiger partial charge in [-0.15, -0.1) is 0 Å². The third-order valence-electron chi connectivity index (χ3n) is 7.17. The van der Waals surface area contributed by atoms with Gasteiger partial charge in [-0.25, -0.2) is 4.79 Å². The number of aromatic nitrogens is 5. The van der Waals surface area contributed by atoms with Crippen molar-refractivity contribution in [3.63, 3.8) is 0 Å². The minimum atomic E-state index is -0.541. The lowest BCUT2D eigenvalue weighted by Gasteiger charge is -2.32. The summed E-state index contributed by atoms with van der Waals surface area (Å²) >= 11 is 0. The molecule has 182 valence electrons. The summed E-state index contributed by atoms with van der Waals surface area (Å²) in [5, 5.41) is 14.0. The highest BCUT2D eigenvalue weighted by Crippen LogP contribution is 2.43. The van der Waals surface area contributed by atoms with Crippen molar-refractivity contribution >= 4 is 23.7 Å². The number of nitrogens with zero attached hydrogens (tertiary/aromatic N) is 6. The van der Waals surface area contributed by atoms with E-state index in [0.29, 0.717) is 36.2 Å². The fraction of sp³-hybridized carbons (Fsp3) is 0.458. The summed E-state index contributed by atoms with van der Waals surface area (Å²) in [6.45, 7) is 7.47. The number of aromatic amines is 1. The van der Waals surface area contributed by atoms with E-state index in [0.717, 1.165) is 24.2 Å². The van der Waals surface area contributed by atoms with E-state index >= 15 is 0 Å². The molecule has 3 aliphatic rings. The molecule has 0 radical (unpaired) electrons. The third-order valence-corrected chi connectivity index (χ3v) is 7.17. The van der Waals surface area contributed by atoms with Crippen molar-refractivity contribution in [1.29, 1.82) is 0 Å². The fourth-order valence-corrected chi connectivity index (χ4v) is 4.85. The number of carbonyl (C=O) groups is 1. The zero-order valence-corrected chi connectivity index (χ0v) is 20.2. The van der Waals surface area contributed by atoms with Crippen LogP contribution in [0.1, 0.15) is 49.9 Å². The lowest BCUT2D eigenvalue weighted by Crippen LogP contribution is -2.47. The second-order valence-corrected chi connectivity index (χ2v) is 9.95. The van der Waals surface area contributed by atoms with E-state index in [4.69, 9.17) is 4.74 Å². The van der Waals surface area contributed by atoms with Gasteiger partial charge in [0.1, 0.15) is 0 Å². The highest BCUT2D eigenvalue weighted by atomic mass is 16.5. The van der Waals surface area contributed by atoms with Gasteiger partial charge in [0, 0.05) is 30.1 Å². The summed E-state index contributed by atoms with van der Waals surface area (Å²) < 4.78 is 5.27. The molecular formula is C24H29N9O2. The van der Waals surface area contributed by atoms with Crippen molar-refractivity contribution in [2.45, 2.75) is 57.3 Å². The number of amides is 2. The number of methoxy groups -OCH3 is 1. The number of benzene rings is 1. The lowest BCUT2D eigenvalue weighted by molar-refractivity contribution is 0.142. The predicted molar refractivity (Wildman–Crippen MR) is 130 cm³/mol. The first-order chi connectivity index (χ1) is 16.8. The van der Waals surface area contributed by atoms with Gasteiger partial charge >= 0.3 is 12.0 Å². The van der Waals surface area contributed by atoms with Gasteiger partial charge < -0.3 is 25.2 Å². The summed E-state index contributed by atoms with van der Waals surface area (Å²) in [5.74, 6) is 1.89. The van der Waals surface area contributed by atoms with Crippen LogP contribution in [0.15, 0.2) is 30.3 Å². The molecule has 1 aromatic carbocycles. The number of H-pyrrole nitrogens is 1. The average molecular weight is 476 g/mol. The van der Waals surface area contributed by atoms with Crippen LogP contribution in [-0.2, 0) is 12.1 Å². The zero-order valence-electron chi connectivity index (χ0n) is 20.2. The predicted octanol–water partition coefficient (Wildman–Crippen LogP) is 2.87. The molecule has 3 atom stereocenters. The summed E-state index contributed by atoms with van der Waals surface area (Å²) in [7, 11) is 1.53. The van der Waals surface area contributed by atoms with Crippen LogP contribution in [0.5, 0.6) is 6.01 Å². The Labute approximate surface area is 203 Å². The molecule has 0 spiro atoms. The maximum Gasteiger partial charge on any atom is 0.322 e. The van der Waals surface area contributed by atoms with Crippen molar-refractivity contribution in [1.82, 2.24) is 35.4 Å². The molecule has 1 saturated heterocycles. The number of hydrogen-bond donors (Lipinski definition) is 3. The Morgan fingerprint density at radius 3 is 2.69 bits per heavy atom. The average Bonchev–Trinajstić information content (AvgIpc) is 3.72. The molecule has 2 aliphatic heterocycles. The largest absolute Gasteiger partial charge is 0.467 e. The second kappa shape index (κ2) is 7.82. The third kappa shape index (κ3) is 3.80. The molecule has 6 rings (SSSR count). The second-order valence-electron chi connectivity index (χ2n) is 9.95. The van der Waals surface area contributed by atoms with E-state index in [9.17, 15) is 4.79 Å². The van der Waals surface area contributed by atoms with Crippen LogP contribution in [0.3, 0.4) is 0 Å². The van der Waals surface area contributed by atoms with Crippen molar-refractivity contribution < 1.29 is 9.53 Å². The minimum Gasteiger partial charge on any atom is -0.467 e. The summed E-state index contributed by atoms with van der Waals surface area (Å²) in [5.41, 5.74) is 2.54. The zero-order chi connectivity index (χ0) is 24.3. The fourth-order valence-electron chi connectivity index (χ4n) is 4.85. The molecule has 3 unspecified atom stereocenters. The van der Waals surface area contributed by atoms with Crippen LogP contribution in [0, 0.1) is 0 Å². The lowest BCUT2D eigenvalue weighted by atomic mass is 10.0. The van der Waals surface area contributed by atoms with Crippen LogP contribution in [0.2, 0.25) is 0 Å². The first kappa shape index (κ1) is 21.6. The van der Waals surface area contributed by atoms with Gasteiger partial charge in [0.2, 0.25) is 11.9 Å². The monoisotopic (exact) mass is 475 g/mol. The van der Waals surface area contributed by atoms with E-state index in [-0.39, 0.29) is 18.1 Å². The number of carbonyl (C=O) groups excluding carboxylic acids is 1. The maximum atomic E-state index is 13.3. The van der Waals surface area contributed by atoms with E-state index in [2.05, 4.69) is 59.7 Å². The van der Waals surface area contributed by atoms with Crippen LogP contribution in [0.4, 0.5) is 22.5 Å². The molecule has 4 heterocycles. The number of nitrogens with one attached hydrogen (secondary N) is 3. The van der Waals surface area contributed by atoms with Gasteiger partial charge in [-0.2, -0.15) is 20.1 Å². The molecule has 35 heavy (non-hydrogen) atoms. The Hall–Kier alpha value is -3.89. The molecule has 2 amide bonds. The first-order valence-corrected chi connectivity index (χ1v) is 11.9. The van der Waals surface area contributed by atoms with E-state index in [1.807, 2.05) is 36.9 Å². The Morgan fingerprint density at radius 1 is 1.20 bits per heavy atom. The summed E-state index contributed by atoms with van der Waals surface area (Å²) in [6.07, 6.45) is 0.961. The molecule has 11 nitrogen and oxygen atoms in total. The molecule has 3 N–H and O–H groups in total. The van der Waals surface area contributed by atoms with Gasteiger partial charge in [-0.3, -0.25) is 5.10 Å². The number of hydrogen-bond acceptors (Lipinski definition) is 8. The van der Waals surface area contributed by atoms with Gasteiger partial charge in [0.05, 0.1) is 24.9 Å². The van der Waals surface area contributed by atoms with E-state index in [1.165, 1.54) is 12.7 Å². The highest BCUT2D eigenvalue weighted by molar-refractivity contribution is 5.78. The van der Waals surface area contributed by atoms with Crippen molar-refractivity contribution in [3.05, 3.63) is 47.2 Å². The summed E-state index contributed by atoms with van der Waals surface area (Å²) in [4.78, 5) is 30.4. The van der Waals surface area contributed by atoms with Crippen LogP contribution in [0.25, 0.3) is 0 Å². The van der Waals surface area contributed by atoms with Crippen LogP contribution >= 0.6 is 0 Å². The van der Waals surface area contributed by atoms with Crippen molar-refractivity contribution in [2.75, 3.05) is 23.9 Å². The quantitative estimate of drug-likeness (QED) is 0.465. The highest BCUT2D eigenvalue weighted by Gasteiger charge is 2.47. The van der Waals surface area contributed by atoms with E-state index < -0.39 is 5.54 Å². The number of fused-ring (bicyclic) bond motifs is 1. The van der Waals surface area contributed by atoms with Gasteiger partial charge in [0.15, 0.2) is 5.82 Å².